The van der Waals surface area contributed by atoms with Gasteiger partial charge in [-0.2, -0.15) is 0 Å². The highest BCUT2D eigenvalue weighted by molar-refractivity contribution is 7.13. The Morgan fingerprint density at radius 2 is 2.39 bits per heavy atom. The van der Waals surface area contributed by atoms with Crippen LogP contribution in [0.5, 0.6) is 0 Å². The van der Waals surface area contributed by atoms with Crippen LogP contribution in [0.3, 0.4) is 0 Å². The molecule has 0 aromatic carbocycles. The summed E-state index contributed by atoms with van der Waals surface area (Å²) in [6.45, 7) is 5.50. The van der Waals surface area contributed by atoms with E-state index in [-0.39, 0.29) is 12.0 Å². The minimum Gasteiger partial charge on any atom is -0.464 e. The van der Waals surface area contributed by atoms with Gasteiger partial charge in [-0.05, 0) is 6.92 Å². The van der Waals surface area contributed by atoms with Crippen molar-refractivity contribution in [1.29, 1.82) is 0 Å². The van der Waals surface area contributed by atoms with Crippen LogP contribution in [0, 0.1) is 0 Å². The third kappa shape index (κ3) is 2.10. The molecule has 0 spiro atoms. The Bertz CT molecular complexity index is 423. The molecule has 1 aromatic heterocycles. The predicted molar refractivity (Wildman–Crippen MR) is 69.9 cm³/mol. The fourth-order valence-electron chi connectivity index (χ4n) is 2.73. The van der Waals surface area contributed by atoms with E-state index < -0.39 is 0 Å². The molecule has 0 N–H and O–H groups in total. The largest absolute Gasteiger partial charge is 0.464 e. The molecule has 0 saturated carbocycles. The summed E-state index contributed by atoms with van der Waals surface area (Å²) in [6, 6.07) is 0.365. The smallest absolute Gasteiger partial charge is 0.323 e. The van der Waals surface area contributed by atoms with Crippen molar-refractivity contribution < 1.29 is 9.53 Å². The molecule has 2 atom stereocenters. The van der Waals surface area contributed by atoms with E-state index in [9.17, 15) is 4.79 Å². The van der Waals surface area contributed by atoms with Crippen LogP contribution in [0.25, 0.3) is 0 Å². The molecule has 0 radical (unpaired) electrons. The van der Waals surface area contributed by atoms with Crippen LogP contribution in [0.1, 0.15) is 13.3 Å². The zero-order valence-electron chi connectivity index (χ0n) is 10.4. The maximum Gasteiger partial charge on any atom is 0.323 e. The van der Waals surface area contributed by atoms with Crippen LogP contribution >= 0.6 is 11.3 Å². The number of anilines is 1. The van der Waals surface area contributed by atoms with Crippen LogP contribution in [0.2, 0.25) is 0 Å². The van der Waals surface area contributed by atoms with Gasteiger partial charge in [0, 0.05) is 43.7 Å². The molecule has 2 aliphatic rings. The van der Waals surface area contributed by atoms with Gasteiger partial charge in [0.05, 0.1) is 6.61 Å². The highest BCUT2D eigenvalue weighted by atomic mass is 32.1. The topological polar surface area (TPSA) is 45.7 Å². The van der Waals surface area contributed by atoms with Crippen LogP contribution in [-0.2, 0) is 9.53 Å². The van der Waals surface area contributed by atoms with Crippen molar-refractivity contribution in [2.45, 2.75) is 25.4 Å². The van der Waals surface area contributed by atoms with Crippen molar-refractivity contribution in [2.75, 3.05) is 31.1 Å². The third-order valence-electron chi connectivity index (χ3n) is 3.67. The normalized spacial score (nSPS) is 29.6. The number of rotatable bonds is 2. The lowest BCUT2D eigenvalue weighted by Gasteiger charge is -2.41. The van der Waals surface area contributed by atoms with Crippen LogP contribution in [0.4, 0.5) is 5.13 Å². The summed E-state index contributed by atoms with van der Waals surface area (Å²) in [5.41, 5.74) is 0. The minimum atomic E-state index is -0.0510. The summed E-state index contributed by atoms with van der Waals surface area (Å²) in [4.78, 5) is 20.5. The van der Waals surface area contributed by atoms with Gasteiger partial charge in [0.25, 0.3) is 0 Å². The molecule has 0 aliphatic carbocycles. The second-order valence-corrected chi connectivity index (χ2v) is 5.70. The number of hydrogen-bond donors (Lipinski definition) is 0. The number of esters is 1. The van der Waals surface area contributed by atoms with Gasteiger partial charge in [-0.1, -0.05) is 0 Å². The van der Waals surface area contributed by atoms with Crippen LogP contribution in [-0.4, -0.2) is 54.2 Å². The minimum absolute atomic E-state index is 0.0223. The van der Waals surface area contributed by atoms with Gasteiger partial charge in [0.2, 0.25) is 0 Å². The van der Waals surface area contributed by atoms with E-state index in [0.717, 1.165) is 31.2 Å². The molecular weight excluding hydrogens is 250 g/mol. The summed E-state index contributed by atoms with van der Waals surface area (Å²) in [5, 5.41) is 3.08. The number of nitrogens with zero attached hydrogens (tertiary/aromatic N) is 3. The van der Waals surface area contributed by atoms with Gasteiger partial charge >= 0.3 is 5.97 Å². The van der Waals surface area contributed by atoms with E-state index in [4.69, 9.17) is 4.74 Å². The van der Waals surface area contributed by atoms with Crippen LogP contribution < -0.4 is 4.90 Å². The number of hydrogen-bond acceptors (Lipinski definition) is 6. The molecular formula is C12H17N3O2S. The Morgan fingerprint density at radius 3 is 3.00 bits per heavy atom. The first-order valence-corrected chi connectivity index (χ1v) is 7.20. The molecule has 3 rings (SSSR count). The van der Waals surface area contributed by atoms with Crippen molar-refractivity contribution in [3.8, 4) is 0 Å². The molecule has 2 unspecified atom stereocenters. The number of aromatic nitrogens is 1. The number of carbonyl (C=O) groups excluding carboxylic acids is 1. The maximum atomic E-state index is 11.6. The molecule has 18 heavy (non-hydrogen) atoms. The molecule has 0 amide bonds. The van der Waals surface area contributed by atoms with Crippen molar-refractivity contribution in [2.24, 2.45) is 0 Å². The SMILES string of the molecule is CC1CN(C2CCOC2=O)CCN1c1nccs1. The van der Waals surface area contributed by atoms with E-state index in [2.05, 4.69) is 21.7 Å². The zero-order valence-corrected chi connectivity index (χ0v) is 11.2. The number of cyclic esters (lactones) is 1. The molecule has 3 heterocycles. The summed E-state index contributed by atoms with van der Waals surface area (Å²) in [6.07, 6.45) is 2.68. The highest BCUT2D eigenvalue weighted by Crippen LogP contribution is 2.25. The molecule has 1 aromatic rings. The van der Waals surface area contributed by atoms with Crippen molar-refractivity contribution in [3.63, 3.8) is 0 Å². The Kier molecular flexibility index (Phi) is 3.22. The molecule has 5 nitrogen and oxygen atoms in total. The average molecular weight is 267 g/mol. The van der Waals surface area contributed by atoms with Crippen molar-refractivity contribution in [3.05, 3.63) is 11.6 Å². The monoisotopic (exact) mass is 267 g/mol. The van der Waals surface area contributed by atoms with E-state index in [1.165, 1.54) is 0 Å². The first-order chi connectivity index (χ1) is 8.75. The van der Waals surface area contributed by atoms with Gasteiger partial charge < -0.3 is 9.64 Å². The summed E-state index contributed by atoms with van der Waals surface area (Å²) < 4.78 is 5.05. The van der Waals surface area contributed by atoms with Gasteiger partial charge in [0.15, 0.2) is 5.13 Å². The predicted octanol–water partition coefficient (Wildman–Crippen LogP) is 0.969. The van der Waals surface area contributed by atoms with E-state index >= 15 is 0 Å². The van der Waals surface area contributed by atoms with E-state index in [0.29, 0.717) is 12.6 Å². The zero-order chi connectivity index (χ0) is 12.5. The second-order valence-electron chi connectivity index (χ2n) is 4.82. The Balaban J connectivity index is 1.66. The van der Waals surface area contributed by atoms with E-state index in [1.54, 1.807) is 11.3 Å². The Morgan fingerprint density at radius 1 is 1.50 bits per heavy atom. The lowest BCUT2D eigenvalue weighted by Crippen LogP contribution is -2.55. The fourth-order valence-corrected chi connectivity index (χ4v) is 3.50. The number of piperazine rings is 1. The van der Waals surface area contributed by atoms with Crippen LogP contribution in [0.15, 0.2) is 11.6 Å². The quantitative estimate of drug-likeness (QED) is 0.747. The molecule has 2 fully saturated rings. The van der Waals surface area contributed by atoms with Crippen molar-refractivity contribution >= 4 is 22.4 Å². The summed E-state index contributed by atoms with van der Waals surface area (Å²) in [7, 11) is 0. The van der Waals surface area contributed by atoms with Gasteiger partial charge in [-0.15, -0.1) is 11.3 Å². The maximum absolute atomic E-state index is 11.6. The standard InChI is InChI=1S/C12H17N3O2S/c1-9-8-14(10-2-6-17-11(10)16)4-5-15(9)12-13-3-7-18-12/h3,7,9-10H,2,4-6,8H2,1H3. The number of carbonyl (C=O) groups is 1. The number of ether oxygens (including phenoxy) is 1. The first-order valence-electron chi connectivity index (χ1n) is 6.32. The van der Waals surface area contributed by atoms with Crippen molar-refractivity contribution in [1.82, 2.24) is 9.88 Å². The van der Waals surface area contributed by atoms with Gasteiger partial charge in [-0.3, -0.25) is 9.69 Å². The van der Waals surface area contributed by atoms with Gasteiger partial charge in [-0.25, -0.2) is 4.98 Å². The molecule has 6 heteroatoms. The molecule has 2 aliphatic heterocycles. The summed E-state index contributed by atoms with van der Waals surface area (Å²) >= 11 is 1.67. The average Bonchev–Trinajstić information content (AvgIpc) is 2.99. The Labute approximate surface area is 110 Å². The number of thiazole rings is 1. The second kappa shape index (κ2) is 4.85. The summed E-state index contributed by atoms with van der Waals surface area (Å²) in [5.74, 6) is -0.0510. The van der Waals surface area contributed by atoms with Gasteiger partial charge in [0.1, 0.15) is 6.04 Å². The lowest BCUT2D eigenvalue weighted by molar-refractivity contribution is -0.142. The third-order valence-corrected chi connectivity index (χ3v) is 4.48. The first kappa shape index (κ1) is 11.9. The van der Waals surface area contributed by atoms with E-state index in [1.807, 2.05) is 11.6 Å². The molecule has 2 saturated heterocycles. The molecule has 0 bridgehead atoms. The molecule has 98 valence electrons. The Hall–Kier alpha value is -1.14. The highest BCUT2D eigenvalue weighted by Gasteiger charge is 2.36. The fraction of sp³-hybridized carbons (Fsp3) is 0.667. The lowest BCUT2D eigenvalue weighted by atomic mass is 10.1.